The van der Waals surface area contributed by atoms with Crippen molar-refractivity contribution < 1.29 is 4.79 Å². The van der Waals surface area contributed by atoms with Crippen molar-refractivity contribution in [3.05, 3.63) is 35.9 Å². The first-order chi connectivity index (χ1) is 8.00. The summed E-state index contributed by atoms with van der Waals surface area (Å²) in [5.41, 5.74) is 6.25. The van der Waals surface area contributed by atoms with Gasteiger partial charge in [0.2, 0.25) is 0 Å². The average molecular weight is 250 g/mol. The van der Waals surface area contributed by atoms with E-state index in [1.807, 2.05) is 18.2 Å². The molecule has 4 heteroatoms. The fourth-order valence-electron chi connectivity index (χ4n) is 1.55. The molecule has 1 atom stereocenters. The SMILES string of the molecule is CC(C)C[C@H](NC(=O)c1ccccc1)C(N)=S. The van der Waals surface area contributed by atoms with Crippen LogP contribution in [0.2, 0.25) is 0 Å². The van der Waals surface area contributed by atoms with E-state index in [9.17, 15) is 4.79 Å². The molecule has 92 valence electrons. The Morgan fingerprint density at radius 1 is 1.35 bits per heavy atom. The molecule has 0 saturated carbocycles. The maximum atomic E-state index is 11.9. The second-order valence-corrected chi connectivity index (χ2v) is 4.90. The maximum Gasteiger partial charge on any atom is 0.251 e. The number of hydrogen-bond acceptors (Lipinski definition) is 2. The van der Waals surface area contributed by atoms with Gasteiger partial charge in [0, 0.05) is 5.56 Å². The molecular weight excluding hydrogens is 232 g/mol. The molecule has 0 aliphatic rings. The van der Waals surface area contributed by atoms with E-state index in [4.69, 9.17) is 18.0 Å². The van der Waals surface area contributed by atoms with E-state index in [0.29, 0.717) is 16.5 Å². The van der Waals surface area contributed by atoms with Gasteiger partial charge < -0.3 is 11.1 Å². The highest BCUT2D eigenvalue weighted by Crippen LogP contribution is 2.07. The minimum atomic E-state index is -0.238. The van der Waals surface area contributed by atoms with E-state index in [1.54, 1.807) is 12.1 Å². The minimum absolute atomic E-state index is 0.135. The van der Waals surface area contributed by atoms with Gasteiger partial charge in [0.15, 0.2) is 0 Å². The summed E-state index contributed by atoms with van der Waals surface area (Å²) >= 11 is 4.97. The molecule has 1 rings (SSSR count). The molecule has 1 aromatic rings. The van der Waals surface area contributed by atoms with Crippen LogP contribution in [0.4, 0.5) is 0 Å². The van der Waals surface area contributed by atoms with Gasteiger partial charge in [0.25, 0.3) is 5.91 Å². The van der Waals surface area contributed by atoms with Gasteiger partial charge in [-0.05, 0) is 24.5 Å². The Balaban J connectivity index is 2.68. The van der Waals surface area contributed by atoms with E-state index in [1.165, 1.54) is 0 Å². The van der Waals surface area contributed by atoms with Gasteiger partial charge in [0.1, 0.15) is 0 Å². The summed E-state index contributed by atoms with van der Waals surface area (Å²) in [4.78, 5) is 12.3. The zero-order chi connectivity index (χ0) is 12.8. The summed E-state index contributed by atoms with van der Waals surface area (Å²) in [5.74, 6) is 0.293. The molecule has 0 heterocycles. The summed E-state index contributed by atoms with van der Waals surface area (Å²) in [5, 5.41) is 2.86. The fourth-order valence-corrected chi connectivity index (χ4v) is 1.70. The van der Waals surface area contributed by atoms with Crippen LogP contribution in [0.15, 0.2) is 30.3 Å². The highest BCUT2D eigenvalue weighted by molar-refractivity contribution is 7.80. The van der Waals surface area contributed by atoms with Crippen molar-refractivity contribution in [2.24, 2.45) is 11.7 Å². The molecule has 0 radical (unpaired) electrons. The van der Waals surface area contributed by atoms with E-state index < -0.39 is 0 Å². The largest absolute Gasteiger partial charge is 0.392 e. The first-order valence-corrected chi connectivity index (χ1v) is 6.06. The maximum absolute atomic E-state index is 11.9. The van der Waals surface area contributed by atoms with Crippen molar-refractivity contribution in [2.75, 3.05) is 0 Å². The fraction of sp³-hybridized carbons (Fsp3) is 0.385. The topological polar surface area (TPSA) is 55.1 Å². The van der Waals surface area contributed by atoms with Crippen molar-refractivity contribution in [3.63, 3.8) is 0 Å². The van der Waals surface area contributed by atoms with Crippen molar-refractivity contribution >= 4 is 23.1 Å². The summed E-state index contributed by atoms with van der Waals surface area (Å²) in [6.07, 6.45) is 0.758. The van der Waals surface area contributed by atoms with Crippen LogP contribution < -0.4 is 11.1 Å². The molecular formula is C13H18N2OS. The third kappa shape index (κ3) is 4.53. The molecule has 3 nitrogen and oxygen atoms in total. The van der Waals surface area contributed by atoms with E-state index in [2.05, 4.69) is 19.2 Å². The van der Waals surface area contributed by atoms with Crippen molar-refractivity contribution in [1.29, 1.82) is 0 Å². The van der Waals surface area contributed by atoms with Crippen LogP contribution in [0.3, 0.4) is 0 Å². The zero-order valence-corrected chi connectivity index (χ0v) is 11.0. The lowest BCUT2D eigenvalue weighted by Crippen LogP contribution is -2.44. The Morgan fingerprint density at radius 2 is 1.94 bits per heavy atom. The lowest BCUT2D eigenvalue weighted by Gasteiger charge is -2.19. The number of rotatable bonds is 5. The molecule has 0 saturated heterocycles. The molecule has 0 fully saturated rings. The van der Waals surface area contributed by atoms with Crippen LogP contribution in [-0.4, -0.2) is 16.9 Å². The molecule has 1 amide bonds. The molecule has 0 aliphatic heterocycles. The van der Waals surface area contributed by atoms with Gasteiger partial charge >= 0.3 is 0 Å². The number of carbonyl (C=O) groups excluding carboxylic acids is 1. The number of amides is 1. The zero-order valence-electron chi connectivity index (χ0n) is 10.1. The standard InChI is InChI=1S/C13H18N2OS/c1-9(2)8-11(12(14)17)15-13(16)10-6-4-3-5-7-10/h3-7,9,11H,8H2,1-2H3,(H2,14,17)(H,15,16)/t11-/m0/s1. The quantitative estimate of drug-likeness (QED) is 0.787. The second kappa shape index (κ2) is 6.35. The summed E-state index contributed by atoms with van der Waals surface area (Å²) in [6, 6.07) is 8.82. The molecule has 0 aliphatic carbocycles. The average Bonchev–Trinajstić information content (AvgIpc) is 2.28. The minimum Gasteiger partial charge on any atom is -0.392 e. The van der Waals surface area contributed by atoms with Crippen molar-refractivity contribution in [2.45, 2.75) is 26.3 Å². The van der Waals surface area contributed by atoms with Gasteiger partial charge in [-0.15, -0.1) is 0 Å². The predicted octanol–water partition coefficient (Wildman–Crippen LogP) is 2.12. The monoisotopic (exact) mass is 250 g/mol. The Hall–Kier alpha value is -1.42. The highest BCUT2D eigenvalue weighted by atomic mass is 32.1. The van der Waals surface area contributed by atoms with Gasteiger partial charge in [-0.3, -0.25) is 4.79 Å². The number of thiocarbonyl (C=S) groups is 1. The molecule has 1 aromatic carbocycles. The Kier molecular flexibility index (Phi) is 5.10. The molecule has 0 spiro atoms. The van der Waals surface area contributed by atoms with E-state index >= 15 is 0 Å². The van der Waals surface area contributed by atoms with Gasteiger partial charge in [0.05, 0.1) is 11.0 Å². The number of hydrogen-bond donors (Lipinski definition) is 2. The lowest BCUT2D eigenvalue weighted by molar-refractivity contribution is 0.0944. The van der Waals surface area contributed by atoms with Crippen LogP contribution in [-0.2, 0) is 0 Å². The Labute approximate surface area is 107 Å². The summed E-state index contributed by atoms with van der Waals surface area (Å²) in [7, 11) is 0. The van der Waals surface area contributed by atoms with Crippen LogP contribution in [0, 0.1) is 5.92 Å². The molecule has 0 aromatic heterocycles. The van der Waals surface area contributed by atoms with Gasteiger partial charge in [-0.25, -0.2) is 0 Å². The van der Waals surface area contributed by atoms with Crippen LogP contribution in [0.5, 0.6) is 0 Å². The second-order valence-electron chi connectivity index (χ2n) is 4.42. The number of nitrogens with one attached hydrogen (secondary N) is 1. The third-order valence-corrected chi connectivity index (χ3v) is 2.68. The van der Waals surface area contributed by atoms with E-state index in [-0.39, 0.29) is 11.9 Å². The molecule has 3 N–H and O–H groups in total. The normalized spacial score (nSPS) is 12.2. The smallest absolute Gasteiger partial charge is 0.251 e. The van der Waals surface area contributed by atoms with Gasteiger partial charge in [-0.2, -0.15) is 0 Å². The first-order valence-electron chi connectivity index (χ1n) is 5.66. The molecule has 17 heavy (non-hydrogen) atoms. The highest BCUT2D eigenvalue weighted by Gasteiger charge is 2.17. The van der Waals surface area contributed by atoms with E-state index in [0.717, 1.165) is 6.42 Å². The first kappa shape index (κ1) is 13.6. The number of carbonyl (C=O) groups is 1. The van der Waals surface area contributed by atoms with Gasteiger partial charge in [-0.1, -0.05) is 44.3 Å². The molecule has 0 unspecified atom stereocenters. The lowest BCUT2D eigenvalue weighted by atomic mass is 10.0. The third-order valence-electron chi connectivity index (χ3n) is 2.39. The van der Waals surface area contributed by atoms with Crippen LogP contribution >= 0.6 is 12.2 Å². The van der Waals surface area contributed by atoms with Crippen LogP contribution in [0.25, 0.3) is 0 Å². The Bertz CT molecular complexity index is 390. The van der Waals surface area contributed by atoms with Crippen molar-refractivity contribution in [3.8, 4) is 0 Å². The summed E-state index contributed by atoms with van der Waals surface area (Å²) < 4.78 is 0. The van der Waals surface area contributed by atoms with Crippen LogP contribution in [0.1, 0.15) is 30.6 Å². The van der Waals surface area contributed by atoms with Crippen molar-refractivity contribution in [1.82, 2.24) is 5.32 Å². The summed E-state index contributed by atoms with van der Waals surface area (Å²) in [6.45, 7) is 4.14. The number of benzene rings is 1. The predicted molar refractivity (Wildman–Crippen MR) is 73.9 cm³/mol. The Morgan fingerprint density at radius 3 is 2.41 bits per heavy atom. The molecule has 0 bridgehead atoms. The number of nitrogens with two attached hydrogens (primary N) is 1.